The summed E-state index contributed by atoms with van der Waals surface area (Å²) in [5, 5.41) is 0. The van der Waals surface area contributed by atoms with Crippen molar-refractivity contribution >= 4 is 26.3 Å². The second kappa shape index (κ2) is 5.68. The number of esters is 1. The van der Waals surface area contributed by atoms with Crippen LogP contribution in [0.25, 0.3) is 0 Å². The maximum absolute atomic E-state index is 10.7. The molecule has 4 nitrogen and oxygen atoms in total. The van der Waals surface area contributed by atoms with Gasteiger partial charge in [-0.3, -0.25) is 0 Å². The molecule has 0 amide bonds. The van der Waals surface area contributed by atoms with E-state index in [1.807, 2.05) is 19.0 Å². The molecule has 5 heteroatoms. The van der Waals surface area contributed by atoms with Gasteiger partial charge in [-0.1, -0.05) is 0 Å². The predicted molar refractivity (Wildman–Crippen MR) is 62.8 cm³/mol. The van der Waals surface area contributed by atoms with Crippen molar-refractivity contribution in [1.29, 1.82) is 0 Å². The van der Waals surface area contributed by atoms with Crippen LogP contribution < -0.4 is 9.47 Å². The summed E-state index contributed by atoms with van der Waals surface area (Å²) in [6.45, 7) is 1.36. The molecule has 0 bridgehead atoms. The minimum absolute atomic E-state index is 0.335. The molecule has 0 N–H and O–H groups in total. The van der Waals surface area contributed by atoms with E-state index in [1.54, 1.807) is 24.3 Å². The van der Waals surface area contributed by atoms with Crippen LogP contribution in [0.5, 0.6) is 11.5 Å². The van der Waals surface area contributed by atoms with E-state index in [0.717, 1.165) is 0 Å². The average Bonchev–Trinajstić information content (AvgIpc) is 2.20. The van der Waals surface area contributed by atoms with Gasteiger partial charge in [-0.25, -0.2) is 0 Å². The first-order valence-electron chi connectivity index (χ1n) is 4.66. The van der Waals surface area contributed by atoms with Gasteiger partial charge in [-0.15, -0.1) is 0 Å². The maximum atomic E-state index is 10.7. The van der Waals surface area contributed by atoms with E-state index in [4.69, 9.17) is 9.47 Å². The second-order valence-corrected chi connectivity index (χ2v) is 4.06. The van der Waals surface area contributed by atoms with Gasteiger partial charge in [-0.05, 0) is 0 Å². The van der Waals surface area contributed by atoms with E-state index in [0.29, 0.717) is 16.2 Å². The summed E-state index contributed by atoms with van der Waals surface area (Å²) in [7, 11) is 3.75. The molecule has 0 fully saturated rings. The second-order valence-electron chi connectivity index (χ2n) is 3.33. The topological polar surface area (TPSA) is 38.8 Å². The van der Waals surface area contributed by atoms with Crippen molar-refractivity contribution in [2.45, 2.75) is 6.92 Å². The van der Waals surface area contributed by atoms with Crippen molar-refractivity contribution in [3.8, 4) is 11.5 Å². The van der Waals surface area contributed by atoms with Crippen LogP contribution in [0.3, 0.4) is 0 Å². The zero-order chi connectivity index (χ0) is 12.1. The molecule has 1 aromatic rings. The Morgan fingerprint density at radius 3 is 1.94 bits per heavy atom. The fourth-order valence-corrected chi connectivity index (χ4v) is 1.14. The van der Waals surface area contributed by atoms with Crippen molar-refractivity contribution in [3.05, 3.63) is 24.3 Å². The first-order chi connectivity index (χ1) is 7.49. The first-order valence-corrected chi connectivity index (χ1v) is 5.52. The molecule has 0 saturated heterocycles. The monoisotopic (exact) mass is 287 g/mol. The van der Waals surface area contributed by atoms with Gasteiger partial charge in [0.25, 0.3) is 0 Å². The third-order valence-electron chi connectivity index (χ3n) is 1.66. The van der Waals surface area contributed by atoms with Crippen molar-refractivity contribution in [3.63, 3.8) is 0 Å². The summed E-state index contributed by atoms with van der Waals surface area (Å²) < 4.78 is 11.1. The molecule has 0 aliphatic heterocycles. The Morgan fingerprint density at radius 1 is 1.12 bits per heavy atom. The van der Waals surface area contributed by atoms with Crippen LogP contribution in [-0.2, 0) is 4.79 Å². The minimum atomic E-state index is -0.335. The van der Waals surface area contributed by atoms with Crippen LogP contribution in [0, 0.1) is 0 Å². The Bertz CT molecular complexity index is 387. The molecule has 0 unspecified atom stereocenters. The Morgan fingerprint density at radius 2 is 1.56 bits per heavy atom. The molecule has 1 aromatic carbocycles. The standard InChI is InChI=1S/C11H13NO3Se/c1-8(13)14-9-4-6-10(7-5-9)15-11(16)12(2)3/h4-7H,1-3H3. The molecule has 0 aromatic heterocycles. The van der Waals surface area contributed by atoms with Crippen LogP contribution in [0.1, 0.15) is 6.92 Å². The SMILES string of the molecule is CC(=O)Oc1ccc(OC(=[Se])N(C)C)cc1. The third-order valence-corrected chi connectivity index (χ3v) is 2.60. The average molecular weight is 286 g/mol. The summed E-state index contributed by atoms with van der Waals surface area (Å²) in [5.41, 5.74) is 0. The number of ether oxygens (including phenoxy) is 2. The zero-order valence-electron chi connectivity index (χ0n) is 9.39. The number of benzene rings is 1. The number of carbonyl (C=O) groups is 1. The quantitative estimate of drug-likeness (QED) is 0.466. The Kier molecular flexibility index (Phi) is 4.52. The molecule has 0 radical (unpaired) electrons. The van der Waals surface area contributed by atoms with E-state index >= 15 is 0 Å². The summed E-state index contributed by atoms with van der Waals surface area (Å²) >= 11 is 2.81. The Labute approximate surface area is 103 Å². The van der Waals surface area contributed by atoms with Crippen LogP contribution >= 0.6 is 0 Å². The summed E-state index contributed by atoms with van der Waals surface area (Å²) in [6, 6.07) is 6.83. The van der Waals surface area contributed by atoms with Gasteiger partial charge in [0.15, 0.2) is 0 Å². The van der Waals surface area contributed by atoms with E-state index in [1.165, 1.54) is 6.92 Å². The van der Waals surface area contributed by atoms with Crippen molar-refractivity contribution in [2.75, 3.05) is 14.1 Å². The summed E-state index contributed by atoms with van der Waals surface area (Å²) in [5.74, 6) is 0.850. The first kappa shape index (κ1) is 12.7. The summed E-state index contributed by atoms with van der Waals surface area (Å²) in [6.07, 6.45) is 0. The van der Waals surface area contributed by atoms with Gasteiger partial charge in [0.2, 0.25) is 0 Å². The van der Waals surface area contributed by atoms with Crippen LogP contribution in [0.15, 0.2) is 24.3 Å². The van der Waals surface area contributed by atoms with E-state index in [2.05, 4.69) is 15.6 Å². The molecule has 0 aliphatic rings. The molecule has 0 heterocycles. The zero-order valence-corrected chi connectivity index (χ0v) is 11.1. The summed E-state index contributed by atoms with van der Waals surface area (Å²) in [4.78, 5) is 12.5. The Hall–Kier alpha value is -1.32. The van der Waals surface area contributed by atoms with Gasteiger partial charge in [0.05, 0.1) is 0 Å². The van der Waals surface area contributed by atoms with E-state index in [9.17, 15) is 4.79 Å². The third kappa shape index (κ3) is 4.04. The van der Waals surface area contributed by atoms with Gasteiger partial charge in [0, 0.05) is 0 Å². The number of hydrogen-bond acceptors (Lipinski definition) is 4. The molecule has 86 valence electrons. The molecule has 1 rings (SSSR count). The fraction of sp³-hybridized carbons (Fsp3) is 0.273. The molecule has 16 heavy (non-hydrogen) atoms. The molecule has 0 aliphatic carbocycles. The predicted octanol–water partition coefficient (Wildman–Crippen LogP) is 0.808. The van der Waals surface area contributed by atoms with Crippen molar-refractivity contribution < 1.29 is 14.3 Å². The van der Waals surface area contributed by atoms with Crippen LogP contribution in [-0.4, -0.2) is 45.3 Å². The van der Waals surface area contributed by atoms with Gasteiger partial charge < -0.3 is 0 Å². The number of nitrogens with zero attached hydrogens (tertiary/aromatic N) is 1. The van der Waals surface area contributed by atoms with Gasteiger partial charge in [-0.2, -0.15) is 0 Å². The fourth-order valence-electron chi connectivity index (χ4n) is 0.934. The van der Waals surface area contributed by atoms with E-state index < -0.39 is 0 Å². The molecule has 0 atom stereocenters. The molecule has 0 spiro atoms. The molecular formula is C11H13NO3Se. The molecule has 0 saturated carbocycles. The normalized spacial score (nSPS) is 9.44. The van der Waals surface area contributed by atoms with Gasteiger partial charge in [0.1, 0.15) is 0 Å². The number of rotatable bonds is 4. The number of carbonyl (C=O) groups excluding carboxylic acids is 1. The number of hydrogen-bond donors (Lipinski definition) is 0. The molecular weight excluding hydrogens is 273 g/mol. The van der Waals surface area contributed by atoms with Crippen molar-refractivity contribution in [2.24, 2.45) is 0 Å². The Balaban J connectivity index is 2.64. The van der Waals surface area contributed by atoms with Gasteiger partial charge >= 0.3 is 102 Å². The van der Waals surface area contributed by atoms with Crippen LogP contribution in [0.2, 0.25) is 0 Å². The van der Waals surface area contributed by atoms with Crippen LogP contribution in [0.4, 0.5) is 0 Å². The van der Waals surface area contributed by atoms with E-state index in [-0.39, 0.29) is 5.97 Å². The van der Waals surface area contributed by atoms with Crippen molar-refractivity contribution in [1.82, 2.24) is 4.90 Å².